The van der Waals surface area contributed by atoms with E-state index in [-0.39, 0.29) is 43.0 Å². The summed E-state index contributed by atoms with van der Waals surface area (Å²) in [6.07, 6.45) is 8.86. The molecular weight excluding hydrogens is 619 g/mol. The predicted molar refractivity (Wildman–Crippen MR) is 127 cm³/mol. The van der Waals surface area contributed by atoms with Crippen LogP contribution in [0.15, 0.2) is 113 Å². The first-order valence-corrected chi connectivity index (χ1v) is 12.7. The first-order chi connectivity index (χ1) is 18.0. The van der Waals surface area contributed by atoms with E-state index in [0.717, 1.165) is 17.1 Å². The molecule has 0 aromatic carbocycles. The molecule has 1 saturated heterocycles. The van der Waals surface area contributed by atoms with Gasteiger partial charge >= 0.3 is 184 Å². The number of furan rings is 4. The van der Waals surface area contributed by atoms with Crippen molar-refractivity contribution >= 4 is 0 Å². The van der Waals surface area contributed by atoms with E-state index < -0.39 is 18.3 Å². The van der Waals surface area contributed by atoms with Crippen LogP contribution in [0.3, 0.4) is 0 Å². The molecule has 6 rings (SSSR count). The zero-order chi connectivity index (χ0) is 25.7. The third-order valence-electron chi connectivity index (χ3n) is 5.68. The molecule has 1 fully saturated rings. The van der Waals surface area contributed by atoms with Crippen LogP contribution in [-0.4, -0.2) is 25.1 Å². The summed E-state index contributed by atoms with van der Waals surface area (Å²) in [7, 11) is 0. The summed E-state index contributed by atoms with van der Waals surface area (Å²) in [4.78, 5) is 0. The van der Waals surface area contributed by atoms with Gasteiger partial charge in [0.05, 0.1) is 13.2 Å². The molecule has 4 aromatic rings. The van der Waals surface area contributed by atoms with Crippen molar-refractivity contribution in [2.24, 2.45) is 0 Å². The molecular formula is C28H27Cl3O8Ti. The van der Waals surface area contributed by atoms with Crippen molar-refractivity contribution in [1.29, 1.82) is 0 Å². The molecule has 0 amide bonds. The summed E-state index contributed by atoms with van der Waals surface area (Å²) < 4.78 is 46.4. The van der Waals surface area contributed by atoms with Crippen LogP contribution in [0.1, 0.15) is 49.1 Å². The average Bonchev–Trinajstić information content (AvgIpc) is 3.70. The Kier molecular flexibility index (Phi) is 13.4. The molecule has 12 heteroatoms. The molecule has 0 unspecified atom stereocenters. The van der Waals surface area contributed by atoms with Gasteiger partial charge in [-0.2, -0.15) is 0 Å². The van der Waals surface area contributed by atoms with Crippen LogP contribution in [-0.2, 0) is 39.4 Å². The van der Waals surface area contributed by atoms with E-state index in [4.69, 9.17) is 36.6 Å². The van der Waals surface area contributed by atoms with Gasteiger partial charge in [0.15, 0.2) is 5.79 Å². The quantitative estimate of drug-likeness (QED) is 0.194. The third-order valence-corrected chi connectivity index (χ3v) is 6.35. The van der Waals surface area contributed by atoms with Crippen LogP contribution in [0.2, 0.25) is 0 Å². The molecule has 2 aliphatic rings. The van der Waals surface area contributed by atoms with Gasteiger partial charge in [0.2, 0.25) is 0 Å². The van der Waals surface area contributed by atoms with Gasteiger partial charge < -0.3 is 46.7 Å². The molecule has 0 N–H and O–H groups in total. The van der Waals surface area contributed by atoms with Crippen LogP contribution in [0.4, 0.5) is 0 Å². The normalized spacial score (nSPS) is 17.2. The van der Waals surface area contributed by atoms with Crippen molar-refractivity contribution in [3.8, 4) is 0 Å². The van der Waals surface area contributed by atoms with Crippen LogP contribution in [0.25, 0.3) is 0 Å². The van der Waals surface area contributed by atoms with Gasteiger partial charge in [-0.1, -0.05) is 0 Å². The topological polar surface area (TPSA) is 89.5 Å². The van der Waals surface area contributed by atoms with Gasteiger partial charge in [-0.05, 0) is 13.8 Å². The van der Waals surface area contributed by atoms with Crippen molar-refractivity contribution in [3.63, 3.8) is 0 Å². The number of allylic oxidation sites excluding steroid dienone is 2. The molecule has 212 valence electrons. The number of hydrogen-bond donors (Lipinski definition) is 0. The second-order valence-corrected chi connectivity index (χ2v) is 9.65. The SMILES string of the molecule is CC1(C)OCCO1.[Cl-].[Cl-].[Cl-].[Ti+3][C]1=CC=C(OC(c2ccco2)c2ccco2)[C@H]1OC(c1ccco1)c1ccco1. The summed E-state index contributed by atoms with van der Waals surface area (Å²) >= 11 is 1.99. The Bertz CT molecular complexity index is 1210. The Morgan fingerprint density at radius 3 is 1.48 bits per heavy atom. The maximum absolute atomic E-state index is 6.45. The second-order valence-electron chi connectivity index (χ2n) is 8.74. The van der Waals surface area contributed by atoms with E-state index in [1.807, 2.05) is 95.0 Å². The minimum absolute atomic E-state index is 0. The molecule has 5 heterocycles. The van der Waals surface area contributed by atoms with Gasteiger partial charge in [-0.15, -0.1) is 0 Å². The van der Waals surface area contributed by atoms with Gasteiger partial charge in [0, 0.05) is 0 Å². The Balaban J connectivity index is 0.000000494. The van der Waals surface area contributed by atoms with Crippen LogP contribution in [0, 0.1) is 0 Å². The van der Waals surface area contributed by atoms with Crippen molar-refractivity contribution in [3.05, 3.63) is 118 Å². The van der Waals surface area contributed by atoms with Gasteiger partial charge in [0.1, 0.15) is 0 Å². The molecule has 0 spiro atoms. The van der Waals surface area contributed by atoms with Crippen molar-refractivity contribution < 1.29 is 94.3 Å². The standard InChI is InChI=1S/C23H17O6.C5H10O2.3ClH.Ti/c1-6-16(28-22(18-8-2-12-24-18)19-9-3-13-25-19)17(7-1)29-23(20-10-4-14-26-20)21-11-5-15-27-21;1-5(2)6-3-4-7-5;;;;/h1-6,8-15,17,22-23H;3-4H2,1-2H3;3*1H;/q;;;;;+3/p-3/t17-;;;;;/m0...../s1. The molecule has 8 nitrogen and oxygen atoms in total. The Hall–Kier alpha value is -2.14. The maximum atomic E-state index is 6.45. The zero-order valence-electron chi connectivity index (χ0n) is 21.6. The summed E-state index contributed by atoms with van der Waals surface area (Å²) in [6.45, 7) is 5.32. The second kappa shape index (κ2) is 15.8. The fraction of sp³-hybridized carbons (Fsp3) is 0.286. The Morgan fingerprint density at radius 1 is 0.700 bits per heavy atom. The molecule has 40 heavy (non-hydrogen) atoms. The predicted octanol–water partition coefficient (Wildman–Crippen LogP) is -2.55. The van der Waals surface area contributed by atoms with Gasteiger partial charge in [-0.3, -0.25) is 0 Å². The average molecular weight is 646 g/mol. The molecule has 1 aliphatic carbocycles. The molecule has 4 aromatic heterocycles. The molecule has 1 aliphatic heterocycles. The van der Waals surface area contributed by atoms with Gasteiger partial charge in [0.25, 0.3) is 0 Å². The van der Waals surface area contributed by atoms with E-state index in [2.05, 4.69) is 0 Å². The molecule has 0 bridgehead atoms. The zero-order valence-corrected chi connectivity index (χ0v) is 25.5. The van der Waals surface area contributed by atoms with E-state index >= 15 is 0 Å². The molecule has 0 radical (unpaired) electrons. The minimum atomic E-state index is -0.530. The Morgan fingerprint density at radius 2 is 1.12 bits per heavy atom. The number of ether oxygens (including phenoxy) is 4. The van der Waals surface area contributed by atoms with Crippen molar-refractivity contribution in [2.75, 3.05) is 13.2 Å². The summed E-state index contributed by atoms with van der Waals surface area (Å²) in [5.74, 6) is 2.93. The first-order valence-electron chi connectivity index (χ1n) is 11.9. The molecule has 1 atom stereocenters. The van der Waals surface area contributed by atoms with E-state index in [1.165, 1.54) is 0 Å². The van der Waals surface area contributed by atoms with E-state index in [9.17, 15) is 0 Å². The van der Waals surface area contributed by atoms with Gasteiger partial charge in [-0.25, -0.2) is 0 Å². The van der Waals surface area contributed by atoms with Crippen molar-refractivity contribution in [1.82, 2.24) is 0 Å². The molecule has 0 saturated carbocycles. The van der Waals surface area contributed by atoms with Crippen LogP contribution in [0.5, 0.6) is 0 Å². The Labute approximate surface area is 262 Å². The third kappa shape index (κ3) is 8.44. The fourth-order valence-corrected chi connectivity index (χ4v) is 4.38. The monoisotopic (exact) mass is 644 g/mol. The summed E-state index contributed by atoms with van der Waals surface area (Å²) in [5, 5.41) is 0. The van der Waals surface area contributed by atoms with E-state index in [1.54, 1.807) is 25.1 Å². The number of halogens is 3. The van der Waals surface area contributed by atoms with Crippen LogP contribution >= 0.6 is 0 Å². The first kappa shape index (κ1) is 34.1. The van der Waals surface area contributed by atoms with Crippen molar-refractivity contribution in [2.45, 2.75) is 37.9 Å². The van der Waals surface area contributed by atoms with E-state index in [0.29, 0.717) is 28.8 Å². The summed E-state index contributed by atoms with van der Waals surface area (Å²) in [6, 6.07) is 14.7. The van der Waals surface area contributed by atoms with Crippen LogP contribution < -0.4 is 37.2 Å². The number of rotatable bonds is 8. The number of hydrogen-bond acceptors (Lipinski definition) is 8. The summed E-state index contributed by atoms with van der Waals surface area (Å²) in [5.41, 5.74) is 0. The fourth-order valence-electron chi connectivity index (χ4n) is 3.92.